The Morgan fingerprint density at radius 3 is 2.70 bits per heavy atom. The second-order valence-corrected chi connectivity index (χ2v) is 4.38. The van der Waals surface area contributed by atoms with Crippen LogP contribution in [0.5, 0.6) is 0 Å². The van der Waals surface area contributed by atoms with Crippen LogP contribution in [0.25, 0.3) is 0 Å². The first-order valence-corrected chi connectivity index (χ1v) is 6.01. The number of esters is 1. The van der Waals surface area contributed by atoms with Gasteiger partial charge in [-0.25, -0.2) is 4.79 Å². The Kier molecular flexibility index (Phi) is 4.05. The Hall–Kier alpha value is -2.34. The maximum absolute atomic E-state index is 11.9. The topological polar surface area (TPSA) is 81.4 Å². The van der Waals surface area contributed by atoms with Gasteiger partial charge in [-0.15, -0.1) is 0 Å². The summed E-state index contributed by atoms with van der Waals surface area (Å²) in [6, 6.07) is 5.99. The highest BCUT2D eigenvalue weighted by Gasteiger charge is 2.15. The fourth-order valence-corrected chi connectivity index (χ4v) is 1.73. The summed E-state index contributed by atoms with van der Waals surface area (Å²) < 4.78 is 9.44. The first-order chi connectivity index (χ1) is 9.51. The lowest BCUT2D eigenvalue weighted by Crippen LogP contribution is -2.12. The average Bonchev–Trinajstić information content (AvgIpc) is 2.87. The predicted octanol–water partition coefficient (Wildman–Crippen LogP) is 2.68. The summed E-state index contributed by atoms with van der Waals surface area (Å²) in [5.74, 6) is -0.970. The summed E-state index contributed by atoms with van der Waals surface area (Å²) in [7, 11) is 1.25. The Labute approximate surface area is 119 Å². The number of hydrogen-bond acceptors (Lipinski definition) is 5. The summed E-state index contributed by atoms with van der Waals surface area (Å²) in [5, 5.41) is 6.44. The number of ether oxygens (including phenoxy) is 1. The second-order valence-electron chi connectivity index (χ2n) is 3.97. The van der Waals surface area contributed by atoms with Crippen molar-refractivity contribution in [3.05, 3.63) is 46.3 Å². The van der Waals surface area contributed by atoms with E-state index in [1.165, 1.54) is 25.3 Å². The van der Waals surface area contributed by atoms with Crippen LogP contribution >= 0.6 is 11.6 Å². The van der Waals surface area contributed by atoms with E-state index in [0.717, 1.165) is 0 Å². The minimum absolute atomic E-state index is 0.0806. The number of carbonyl (C=O) groups excluding carboxylic acids is 2. The quantitative estimate of drug-likeness (QED) is 0.880. The number of aromatic nitrogens is 1. The molecule has 2 aromatic rings. The molecule has 1 N–H and O–H groups in total. The number of halogens is 1. The van der Waals surface area contributed by atoms with Crippen LogP contribution in [0.1, 0.15) is 26.6 Å². The van der Waals surface area contributed by atoms with Crippen LogP contribution in [0.15, 0.2) is 28.8 Å². The number of amides is 1. The van der Waals surface area contributed by atoms with E-state index in [-0.39, 0.29) is 16.3 Å². The van der Waals surface area contributed by atoms with Gasteiger partial charge in [-0.1, -0.05) is 16.8 Å². The molecule has 1 aromatic carbocycles. The molecule has 2 rings (SSSR count). The van der Waals surface area contributed by atoms with E-state index in [1.54, 1.807) is 13.0 Å². The summed E-state index contributed by atoms with van der Waals surface area (Å²) in [5.41, 5.74) is 1.16. The first kappa shape index (κ1) is 14.1. The summed E-state index contributed by atoms with van der Waals surface area (Å²) in [4.78, 5) is 23.4. The molecule has 0 saturated carbocycles. The number of nitrogens with one attached hydrogen (secondary N) is 1. The fourth-order valence-electron chi connectivity index (χ4n) is 1.53. The van der Waals surface area contributed by atoms with Crippen LogP contribution in [0.4, 0.5) is 5.69 Å². The highest BCUT2D eigenvalue weighted by Crippen LogP contribution is 2.21. The van der Waals surface area contributed by atoms with E-state index in [1.807, 2.05) is 0 Å². The van der Waals surface area contributed by atoms with Crippen LogP contribution in [-0.2, 0) is 4.74 Å². The SMILES string of the molecule is COC(=O)c1cc(NC(=O)c2cc(C)no2)ccc1Cl. The fraction of sp³-hybridized carbons (Fsp3) is 0.154. The number of benzene rings is 1. The van der Waals surface area contributed by atoms with E-state index in [0.29, 0.717) is 11.4 Å². The minimum atomic E-state index is -0.582. The molecule has 0 aliphatic carbocycles. The molecule has 20 heavy (non-hydrogen) atoms. The van der Waals surface area contributed by atoms with Gasteiger partial charge in [-0.3, -0.25) is 4.79 Å². The molecular formula is C13H11ClN2O4. The maximum atomic E-state index is 11.9. The van der Waals surface area contributed by atoms with Crippen molar-refractivity contribution in [3.8, 4) is 0 Å². The van der Waals surface area contributed by atoms with E-state index >= 15 is 0 Å². The summed E-state index contributed by atoms with van der Waals surface area (Å²) in [6.45, 7) is 1.71. The standard InChI is InChI=1S/C13H11ClN2O4/c1-7-5-11(20-16-7)12(17)15-8-3-4-10(14)9(6-8)13(18)19-2/h3-6H,1-2H3,(H,15,17). The lowest BCUT2D eigenvalue weighted by molar-refractivity contribution is 0.0600. The molecule has 6 nitrogen and oxygen atoms in total. The number of nitrogens with zero attached hydrogens (tertiary/aromatic N) is 1. The Bertz CT molecular complexity index is 666. The molecule has 0 unspecified atom stereocenters. The molecule has 1 amide bonds. The van der Waals surface area contributed by atoms with Crippen LogP contribution in [0.2, 0.25) is 5.02 Å². The zero-order chi connectivity index (χ0) is 14.7. The van der Waals surface area contributed by atoms with Gasteiger partial charge in [-0.05, 0) is 25.1 Å². The smallest absolute Gasteiger partial charge is 0.339 e. The van der Waals surface area contributed by atoms with Crippen LogP contribution in [-0.4, -0.2) is 24.1 Å². The third-order valence-electron chi connectivity index (χ3n) is 2.48. The molecule has 7 heteroatoms. The molecule has 0 atom stereocenters. The van der Waals surface area contributed by atoms with Gasteiger partial charge >= 0.3 is 5.97 Å². The molecule has 0 spiro atoms. The molecule has 0 fully saturated rings. The van der Waals surface area contributed by atoms with E-state index < -0.39 is 11.9 Å². The lowest BCUT2D eigenvalue weighted by Gasteiger charge is -2.06. The molecule has 1 aromatic heterocycles. The van der Waals surface area contributed by atoms with Crippen molar-refractivity contribution in [3.63, 3.8) is 0 Å². The normalized spacial score (nSPS) is 10.2. The van der Waals surface area contributed by atoms with Gasteiger partial charge in [0.1, 0.15) is 0 Å². The maximum Gasteiger partial charge on any atom is 0.339 e. The van der Waals surface area contributed by atoms with Gasteiger partial charge in [0.2, 0.25) is 5.76 Å². The minimum Gasteiger partial charge on any atom is -0.465 e. The number of hydrogen-bond donors (Lipinski definition) is 1. The summed E-state index contributed by atoms with van der Waals surface area (Å²) in [6.07, 6.45) is 0. The second kappa shape index (κ2) is 5.75. The van der Waals surface area contributed by atoms with Crippen molar-refractivity contribution >= 4 is 29.2 Å². The van der Waals surface area contributed by atoms with Crippen molar-refractivity contribution in [2.24, 2.45) is 0 Å². The molecular weight excluding hydrogens is 284 g/mol. The van der Waals surface area contributed by atoms with Gasteiger partial charge in [0.25, 0.3) is 5.91 Å². The molecule has 104 valence electrons. The Balaban J connectivity index is 2.22. The van der Waals surface area contributed by atoms with Gasteiger partial charge in [0, 0.05) is 11.8 Å². The third-order valence-corrected chi connectivity index (χ3v) is 2.81. The molecule has 0 aliphatic heterocycles. The van der Waals surface area contributed by atoms with E-state index in [4.69, 9.17) is 16.1 Å². The van der Waals surface area contributed by atoms with Gasteiger partial charge < -0.3 is 14.6 Å². The zero-order valence-electron chi connectivity index (χ0n) is 10.8. The molecule has 1 heterocycles. The van der Waals surface area contributed by atoms with Crippen LogP contribution in [0.3, 0.4) is 0 Å². The Morgan fingerprint density at radius 2 is 2.10 bits per heavy atom. The molecule has 0 bridgehead atoms. The van der Waals surface area contributed by atoms with E-state index in [2.05, 4.69) is 15.2 Å². The number of anilines is 1. The molecule has 0 saturated heterocycles. The monoisotopic (exact) mass is 294 g/mol. The van der Waals surface area contributed by atoms with Gasteiger partial charge in [-0.2, -0.15) is 0 Å². The predicted molar refractivity (Wildman–Crippen MR) is 72.0 cm³/mol. The van der Waals surface area contributed by atoms with Crippen molar-refractivity contribution in [2.45, 2.75) is 6.92 Å². The van der Waals surface area contributed by atoms with Crippen LogP contribution in [0, 0.1) is 6.92 Å². The summed E-state index contributed by atoms with van der Waals surface area (Å²) >= 11 is 5.88. The van der Waals surface area contributed by atoms with Crippen molar-refractivity contribution in [1.82, 2.24) is 5.16 Å². The zero-order valence-corrected chi connectivity index (χ0v) is 11.5. The molecule has 0 radical (unpaired) electrons. The number of rotatable bonds is 3. The average molecular weight is 295 g/mol. The van der Waals surface area contributed by atoms with Crippen molar-refractivity contribution in [2.75, 3.05) is 12.4 Å². The number of methoxy groups -OCH3 is 1. The van der Waals surface area contributed by atoms with Gasteiger partial charge in [0.05, 0.1) is 23.4 Å². The third kappa shape index (κ3) is 2.97. The number of carbonyl (C=O) groups is 2. The van der Waals surface area contributed by atoms with Crippen molar-refractivity contribution < 1.29 is 18.8 Å². The molecule has 0 aliphatic rings. The highest BCUT2D eigenvalue weighted by atomic mass is 35.5. The highest BCUT2D eigenvalue weighted by molar-refractivity contribution is 6.33. The number of aryl methyl sites for hydroxylation is 1. The largest absolute Gasteiger partial charge is 0.465 e. The lowest BCUT2D eigenvalue weighted by atomic mass is 10.2. The Morgan fingerprint density at radius 1 is 1.35 bits per heavy atom. The van der Waals surface area contributed by atoms with E-state index in [9.17, 15) is 9.59 Å². The first-order valence-electron chi connectivity index (χ1n) is 5.64. The van der Waals surface area contributed by atoms with Crippen molar-refractivity contribution in [1.29, 1.82) is 0 Å². The van der Waals surface area contributed by atoms with Crippen LogP contribution < -0.4 is 5.32 Å². The van der Waals surface area contributed by atoms with Gasteiger partial charge in [0.15, 0.2) is 0 Å².